The summed E-state index contributed by atoms with van der Waals surface area (Å²) in [6, 6.07) is -0.888. The maximum absolute atomic E-state index is 11.5. The summed E-state index contributed by atoms with van der Waals surface area (Å²) in [5, 5.41) is 11.1. The number of nitrogens with one attached hydrogen (secondary N) is 1. The number of aliphatic carboxylic acids is 1. The molecule has 1 amide bonds. The molecule has 98 valence electrons. The van der Waals surface area contributed by atoms with Crippen LogP contribution in [-0.2, 0) is 19.4 Å². The van der Waals surface area contributed by atoms with E-state index in [0.717, 1.165) is 0 Å². The molecule has 1 rings (SSSR count). The Balaban J connectivity index is 2.43. The fourth-order valence-corrected chi connectivity index (χ4v) is 3.75. The molecule has 2 N–H and O–H groups in total. The van der Waals surface area contributed by atoms with E-state index in [2.05, 4.69) is 5.32 Å². The Morgan fingerprint density at radius 3 is 2.53 bits per heavy atom. The minimum atomic E-state index is -2.99. The molecule has 2 atom stereocenters. The topological polar surface area (TPSA) is 101 Å². The molecule has 7 heteroatoms. The van der Waals surface area contributed by atoms with Crippen LogP contribution in [-0.4, -0.2) is 42.9 Å². The molecule has 0 aromatic heterocycles. The van der Waals surface area contributed by atoms with Crippen molar-refractivity contribution >= 4 is 21.7 Å². The summed E-state index contributed by atoms with van der Waals surface area (Å²) < 4.78 is 22.4. The fraction of sp³-hybridized carbons (Fsp3) is 0.800. The van der Waals surface area contributed by atoms with E-state index in [0.29, 0.717) is 12.8 Å². The molecule has 1 unspecified atom stereocenters. The molecule has 0 spiro atoms. The molecule has 17 heavy (non-hydrogen) atoms. The van der Waals surface area contributed by atoms with Gasteiger partial charge < -0.3 is 10.4 Å². The molecule has 0 aromatic carbocycles. The average Bonchev–Trinajstić information content (AvgIpc) is 2.54. The molecule has 1 heterocycles. The van der Waals surface area contributed by atoms with Gasteiger partial charge in [0.05, 0.1) is 11.5 Å². The van der Waals surface area contributed by atoms with Crippen molar-refractivity contribution in [2.45, 2.75) is 32.2 Å². The van der Waals surface area contributed by atoms with Crippen molar-refractivity contribution in [1.29, 1.82) is 0 Å². The summed E-state index contributed by atoms with van der Waals surface area (Å²) >= 11 is 0. The molecule has 0 radical (unpaired) electrons. The SMILES string of the molecule is CC[C@@H](NC(=O)CC1CCS(=O)(=O)C1)C(=O)O. The van der Waals surface area contributed by atoms with Crippen LogP contribution < -0.4 is 5.32 Å². The summed E-state index contributed by atoms with van der Waals surface area (Å²) in [5.74, 6) is -1.47. The maximum Gasteiger partial charge on any atom is 0.326 e. The van der Waals surface area contributed by atoms with E-state index in [1.165, 1.54) is 0 Å². The van der Waals surface area contributed by atoms with E-state index in [1.54, 1.807) is 6.92 Å². The largest absolute Gasteiger partial charge is 0.480 e. The Bertz CT molecular complexity index is 403. The van der Waals surface area contributed by atoms with Gasteiger partial charge >= 0.3 is 5.97 Å². The zero-order chi connectivity index (χ0) is 13.1. The Labute approximate surface area is 100 Å². The third-order valence-corrected chi connectivity index (χ3v) is 4.68. The molecular formula is C10H17NO5S. The number of carbonyl (C=O) groups excluding carboxylic acids is 1. The first kappa shape index (κ1) is 14.0. The first-order chi connectivity index (χ1) is 7.84. The van der Waals surface area contributed by atoms with Crippen molar-refractivity contribution in [1.82, 2.24) is 5.32 Å². The monoisotopic (exact) mass is 263 g/mol. The van der Waals surface area contributed by atoms with Gasteiger partial charge in [0.1, 0.15) is 6.04 Å². The molecule has 0 aromatic rings. The molecule has 1 aliphatic rings. The first-order valence-electron chi connectivity index (χ1n) is 5.56. The van der Waals surface area contributed by atoms with Crippen LogP contribution in [0, 0.1) is 5.92 Å². The van der Waals surface area contributed by atoms with E-state index in [9.17, 15) is 18.0 Å². The van der Waals surface area contributed by atoms with Gasteiger partial charge in [-0.2, -0.15) is 0 Å². The minimum absolute atomic E-state index is 0.0320. The van der Waals surface area contributed by atoms with Gasteiger partial charge in [0, 0.05) is 6.42 Å². The second-order valence-corrected chi connectivity index (χ2v) is 6.57. The molecule has 1 fully saturated rings. The average molecular weight is 263 g/mol. The molecule has 0 saturated carbocycles. The zero-order valence-electron chi connectivity index (χ0n) is 9.68. The number of hydrogen-bond donors (Lipinski definition) is 2. The van der Waals surface area contributed by atoms with Crippen LogP contribution >= 0.6 is 0 Å². The minimum Gasteiger partial charge on any atom is -0.480 e. The number of amides is 1. The van der Waals surface area contributed by atoms with Crippen LogP contribution in [0.25, 0.3) is 0 Å². The van der Waals surface area contributed by atoms with Gasteiger partial charge in [0.15, 0.2) is 9.84 Å². The molecule has 0 aliphatic carbocycles. The normalized spacial score (nSPS) is 24.2. The van der Waals surface area contributed by atoms with E-state index in [4.69, 9.17) is 5.11 Å². The predicted octanol–water partition coefficient (Wildman–Crippen LogP) is -0.209. The van der Waals surface area contributed by atoms with Gasteiger partial charge in [-0.15, -0.1) is 0 Å². The summed E-state index contributed by atoms with van der Waals surface area (Å²) in [6.07, 6.45) is 0.882. The zero-order valence-corrected chi connectivity index (χ0v) is 10.5. The molecule has 1 saturated heterocycles. The van der Waals surface area contributed by atoms with Gasteiger partial charge in [-0.3, -0.25) is 4.79 Å². The highest BCUT2D eigenvalue weighted by atomic mass is 32.2. The lowest BCUT2D eigenvalue weighted by molar-refractivity contribution is -0.142. The van der Waals surface area contributed by atoms with Crippen molar-refractivity contribution in [3.8, 4) is 0 Å². The lowest BCUT2D eigenvalue weighted by Gasteiger charge is -2.13. The Morgan fingerprint density at radius 2 is 2.12 bits per heavy atom. The van der Waals surface area contributed by atoms with E-state index < -0.39 is 21.8 Å². The lowest BCUT2D eigenvalue weighted by atomic mass is 10.0. The molecule has 6 nitrogen and oxygen atoms in total. The van der Waals surface area contributed by atoms with Gasteiger partial charge in [-0.05, 0) is 18.8 Å². The summed E-state index contributed by atoms with van der Waals surface area (Å²) in [4.78, 5) is 22.2. The van der Waals surface area contributed by atoms with E-state index >= 15 is 0 Å². The molecular weight excluding hydrogens is 246 g/mol. The van der Waals surface area contributed by atoms with Crippen LogP contribution in [0.2, 0.25) is 0 Å². The second kappa shape index (κ2) is 5.48. The highest BCUT2D eigenvalue weighted by Crippen LogP contribution is 2.21. The van der Waals surface area contributed by atoms with E-state index in [1.807, 2.05) is 0 Å². The number of rotatable bonds is 5. The smallest absolute Gasteiger partial charge is 0.326 e. The third kappa shape index (κ3) is 4.33. The Kier molecular flexibility index (Phi) is 4.50. The van der Waals surface area contributed by atoms with Crippen molar-refractivity contribution in [2.24, 2.45) is 5.92 Å². The number of sulfone groups is 1. The maximum atomic E-state index is 11.5. The van der Waals surface area contributed by atoms with Crippen molar-refractivity contribution < 1.29 is 23.1 Å². The standard InChI is InChI=1S/C10H17NO5S/c1-2-8(10(13)14)11-9(12)5-7-3-4-17(15,16)6-7/h7-8H,2-6H2,1H3,(H,11,12)(H,13,14)/t7?,8-/m1/s1. The Hall–Kier alpha value is -1.11. The summed E-state index contributed by atoms with van der Waals surface area (Å²) in [7, 11) is -2.99. The van der Waals surface area contributed by atoms with Crippen LogP contribution in [0.5, 0.6) is 0 Å². The number of carboxylic acids is 1. The second-order valence-electron chi connectivity index (χ2n) is 4.34. The highest BCUT2D eigenvalue weighted by Gasteiger charge is 2.30. The third-order valence-electron chi connectivity index (χ3n) is 2.84. The number of carboxylic acid groups (broad SMARTS) is 1. The van der Waals surface area contributed by atoms with Crippen molar-refractivity contribution in [3.63, 3.8) is 0 Å². The van der Waals surface area contributed by atoms with Crippen molar-refractivity contribution in [2.75, 3.05) is 11.5 Å². The van der Waals surface area contributed by atoms with E-state index in [-0.39, 0.29) is 29.8 Å². The van der Waals surface area contributed by atoms with Crippen LogP contribution in [0.4, 0.5) is 0 Å². The van der Waals surface area contributed by atoms with Gasteiger partial charge in [0.2, 0.25) is 5.91 Å². The summed E-state index contributed by atoms with van der Waals surface area (Å²) in [6.45, 7) is 1.67. The fourth-order valence-electron chi connectivity index (χ4n) is 1.89. The number of carbonyl (C=O) groups is 2. The van der Waals surface area contributed by atoms with Crippen LogP contribution in [0.3, 0.4) is 0 Å². The first-order valence-corrected chi connectivity index (χ1v) is 7.38. The van der Waals surface area contributed by atoms with Crippen LogP contribution in [0.1, 0.15) is 26.2 Å². The Morgan fingerprint density at radius 1 is 1.47 bits per heavy atom. The quantitative estimate of drug-likeness (QED) is 0.715. The van der Waals surface area contributed by atoms with Crippen molar-refractivity contribution in [3.05, 3.63) is 0 Å². The van der Waals surface area contributed by atoms with Gasteiger partial charge in [-0.1, -0.05) is 6.92 Å². The number of hydrogen-bond acceptors (Lipinski definition) is 4. The predicted molar refractivity (Wildman–Crippen MR) is 61.2 cm³/mol. The van der Waals surface area contributed by atoms with Gasteiger partial charge in [-0.25, -0.2) is 13.2 Å². The van der Waals surface area contributed by atoms with Crippen LogP contribution in [0.15, 0.2) is 0 Å². The summed E-state index contributed by atoms with van der Waals surface area (Å²) in [5.41, 5.74) is 0. The lowest BCUT2D eigenvalue weighted by Crippen LogP contribution is -2.40. The molecule has 1 aliphatic heterocycles. The molecule has 0 bridgehead atoms. The van der Waals surface area contributed by atoms with Gasteiger partial charge in [0.25, 0.3) is 0 Å². The highest BCUT2D eigenvalue weighted by molar-refractivity contribution is 7.91.